The molecule has 1 amide bonds. The summed E-state index contributed by atoms with van der Waals surface area (Å²) in [5.41, 5.74) is 5.97. The van der Waals surface area contributed by atoms with Crippen LogP contribution in [0.3, 0.4) is 0 Å². The SMILES string of the molecule is CCOC(=O)CC[C@H](NNC(=O)c1sc(Br)cc1C)C(=O)OCC. The lowest BCUT2D eigenvalue weighted by Crippen LogP contribution is -2.49. The molecule has 0 unspecified atom stereocenters. The van der Waals surface area contributed by atoms with E-state index in [1.54, 1.807) is 13.8 Å². The molecule has 9 heteroatoms. The van der Waals surface area contributed by atoms with Gasteiger partial charge < -0.3 is 9.47 Å². The summed E-state index contributed by atoms with van der Waals surface area (Å²) in [6.07, 6.45) is 0.203. The third-order valence-electron chi connectivity index (χ3n) is 2.97. The van der Waals surface area contributed by atoms with Crippen LogP contribution in [-0.2, 0) is 19.1 Å². The average molecular weight is 421 g/mol. The molecule has 7 nitrogen and oxygen atoms in total. The van der Waals surface area contributed by atoms with Crippen molar-refractivity contribution in [1.29, 1.82) is 0 Å². The predicted molar refractivity (Wildman–Crippen MR) is 93.6 cm³/mol. The number of carbonyl (C=O) groups is 3. The van der Waals surface area contributed by atoms with Crippen LogP contribution in [-0.4, -0.2) is 37.1 Å². The van der Waals surface area contributed by atoms with Crippen LogP contribution in [0.5, 0.6) is 0 Å². The van der Waals surface area contributed by atoms with Crippen molar-refractivity contribution in [1.82, 2.24) is 10.9 Å². The normalized spacial score (nSPS) is 11.7. The number of aryl methyl sites for hydroxylation is 1. The van der Waals surface area contributed by atoms with Crippen molar-refractivity contribution >= 4 is 45.1 Å². The number of rotatable bonds is 9. The number of halogens is 1. The molecule has 0 spiro atoms. The highest BCUT2D eigenvalue weighted by molar-refractivity contribution is 9.11. The summed E-state index contributed by atoms with van der Waals surface area (Å²) >= 11 is 4.62. The molecule has 0 saturated heterocycles. The maximum Gasteiger partial charge on any atom is 0.324 e. The number of hydrogen-bond donors (Lipinski definition) is 2. The summed E-state index contributed by atoms with van der Waals surface area (Å²) in [5.74, 6) is -1.29. The lowest BCUT2D eigenvalue weighted by atomic mass is 10.1. The van der Waals surface area contributed by atoms with Crippen LogP contribution in [0.15, 0.2) is 9.85 Å². The molecular weight excluding hydrogens is 400 g/mol. The fraction of sp³-hybridized carbons (Fsp3) is 0.533. The molecule has 134 valence electrons. The van der Waals surface area contributed by atoms with E-state index in [-0.39, 0.29) is 32.0 Å². The zero-order valence-electron chi connectivity index (χ0n) is 13.8. The summed E-state index contributed by atoms with van der Waals surface area (Å²) in [4.78, 5) is 36.1. The molecule has 0 radical (unpaired) electrons. The molecule has 1 aromatic rings. The van der Waals surface area contributed by atoms with E-state index in [1.165, 1.54) is 11.3 Å². The molecule has 0 saturated carbocycles. The minimum atomic E-state index is -0.831. The van der Waals surface area contributed by atoms with Crippen LogP contribution in [0, 0.1) is 6.92 Å². The van der Waals surface area contributed by atoms with Crippen molar-refractivity contribution < 1.29 is 23.9 Å². The van der Waals surface area contributed by atoms with Gasteiger partial charge in [0.25, 0.3) is 5.91 Å². The second-order valence-corrected chi connectivity index (χ2v) is 7.24. The summed E-state index contributed by atoms with van der Waals surface area (Å²) < 4.78 is 10.6. The first-order chi connectivity index (χ1) is 11.4. The lowest BCUT2D eigenvalue weighted by Gasteiger charge is -2.17. The third-order valence-corrected chi connectivity index (χ3v) is 4.71. The first kappa shape index (κ1) is 20.6. The van der Waals surface area contributed by atoms with Crippen molar-refractivity contribution in [2.45, 2.75) is 39.7 Å². The van der Waals surface area contributed by atoms with Gasteiger partial charge in [0.2, 0.25) is 0 Å². The van der Waals surface area contributed by atoms with E-state index in [4.69, 9.17) is 9.47 Å². The fourth-order valence-electron chi connectivity index (χ4n) is 1.87. The summed E-state index contributed by atoms with van der Waals surface area (Å²) in [6, 6.07) is 1.01. The molecule has 0 aromatic carbocycles. The number of ether oxygens (including phenoxy) is 2. The molecule has 1 rings (SSSR count). The molecule has 0 aliphatic rings. The van der Waals surface area contributed by atoms with Crippen LogP contribution >= 0.6 is 27.3 Å². The summed E-state index contributed by atoms with van der Waals surface area (Å²) in [6.45, 7) is 5.70. The molecule has 24 heavy (non-hydrogen) atoms. The van der Waals surface area contributed by atoms with Crippen molar-refractivity contribution in [2.24, 2.45) is 0 Å². The highest BCUT2D eigenvalue weighted by Crippen LogP contribution is 2.26. The Morgan fingerprint density at radius 2 is 1.92 bits per heavy atom. The van der Waals surface area contributed by atoms with Crippen LogP contribution in [0.25, 0.3) is 0 Å². The van der Waals surface area contributed by atoms with Crippen molar-refractivity contribution in [3.63, 3.8) is 0 Å². The predicted octanol–water partition coefficient (Wildman–Crippen LogP) is 2.33. The highest BCUT2D eigenvalue weighted by atomic mass is 79.9. The lowest BCUT2D eigenvalue weighted by molar-refractivity contribution is -0.147. The van der Waals surface area contributed by atoms with Crippen LogP contribution in [0.1, 0.15) is 41.9 Å². The average Bonchev–Trinajstić information content (AvgIpc) is 2.86. The first-order valence-electron chi connectivity index (χ1n) is 7.53. The number of carbonyl (C=O) groups excluding carboxylic acids is 3. The molecule has 1 atom stereocenters. The Bertz CT molecular complexity index is 590. The van der Waals surface area contributed by atoms with Gasteiger partial charge in [-0.25, -0.2) is 5.43 Å². The summed E-state index contributed by atoms with van der Waals surface area (Å²) in [7, 11) is 0. The zero-order chi connectivity index (χ0) is 18.1. The van der Waals surface area contributed by atoms with Gasteiger partial charge in [0.1, 0.15) is 6.04 Å². The van der Waals surface area contributed by atoms with E-state index in [9.17, 15) is 14.4 Å². The van der Waals surface area contributed by atoms with Gasteiger partial charge >= 0.3 is 11.9 Å². The smallest absolute Gasteiger partial charge is 0.324 e. The third kappa shape index (κ3) is 6.58. The fourth-order valence-corrected chi connectivity index (χ4v) is 3.49. The quantitative estimate of drug-likeness (QED) is 0.470. The maximum absolute atomic E-state index is 12.2. The zero-order valence-corrected chi connectivity index (χ0v) is 16.2. The molecular formula is C15H21BrN2O5S. The van der Waals surface area contributed by atoms with Crippen molar-refractivity contribution in [3.05, 3.63) is 20.3 Å². The van der Waals surface area contributed by atoms with Crippen molar-refractivity contribution in [2.75, 3.05) is 13.2 Å². The molecule has 0 fully saturated rings. The molecule has 0 bridgehead atoms. The van der Waals surface area contributed by atoms with Gasteiger partial charge in [-0.05, 0) is 54.8 Å². The first-order valence-corrected chi connectivity index (χ1v) is 9.14. The Balaban J connectivity index is 2.63. The van der Waals surface area contributed by atoms with Gasteiger partial charge in [-0.3, -0.25) is 19.8 Å². The Morgan fingerprint density at radius 3 is 2.46 bits per heavy atom. The van der Waals surface area contributed by atoms with E-state index < -0.39 is 18.0 Å². The highest BCUT2D eigenvalue weighted by Gasteiger charge is 2.22. The van der Waals surface area contributed by atoms with Crippen LogP contribution in [0.4, 0.5) is 0 Å². The van der Waals surface area contributed by atoms with Gasteiger partial charge in [-0.15, -0.1) is 11.3 Å². The van der Waals surface area contributed by atoms with Crippen LogP contribution in [0.2, 0.25) is 0 Å². The minimum Gasteiger partial charge on any atom is -0.466 e. The molecule has 1 aromatic heterocycles. The topological polar surface area (TPSA) is 93.7 Å². The molecule has 0 aliphatic heterocycles. The van der Waals surface area contributed by atoms with E-state index in [2.05, 4.69) is 26.8 Å². The number of nitrogens with one attached hydrogen (secondary N) is 2. The number of hydrogen-bond acceptors (Lipinski definition) is 7. The second kappa shape index (κ2) is 10.4. The standard InChI is InChI=1S/C15H21BrN2O5S/c1-4-22-12(19)7-6-10(15(21)23-5-2)17-18-14(20)13-9(3)8-11(16)24-13/h8,10,17H,4-7H2,1-3H3,(H,18,20)/t10-/m0/s1. The van der Waals surface area contributed by atoms with Gasteiger partial charge in [-0.2, -0.15) is 0 Å². The second-order valence-electron chi connectivity index (χ2n) is 4.81. The number of amides is 1. The van der Waals surface area contributed by atoms with E-state index >= 15 is 0 Å². The molecule has 2 N–H and O–H groups in total. The van der Waals surface area contributed by atoms with Gasteiger partial charge in [0.15, 0.2) is 0 Å². The number of thiophene rings is 1. The van der Waals surface area contributed by atoms with Gasteiger partial charge in [0.05, 0.1) is 21.9 Å². The Hall–Kier alpha value is -1.45. The van der Waals surface area contributed by atoms with Crippen molar-refractivity contribution in [3.8, 4) is 0 Å². The van der Waals surface area contributed by atoms with E-state index in [1.807, 2.05) is 13.0 Å². The monoisotopic (exact) mass is 420 g/mol. The Morgan fingerprint density at radius 1 is 1.25 bits per heavy atom. The van der Waals surface area contributed by atoms with Gasteiger partial charge in [0, 0.05) is 6.42 Å². The largest absolute Gasteiger partial charge is 0.466 e. The Labute approximate surface area is 153 Å². The molecule has 1 heterocycles. The van der Waals surface area contributed by atoms with Gasteiger partial charge in [-0.1, -0.05) is 0 Å². The maximum atomic E-state index is 12.2. The Kier molecular flexibility index (Phi) is 8.94. The minimum absolute atomic E-state index is 0.0454. The van der Waals surface area contributed by atoms with E-state index in [0.29, 0.717) is 4.88 Å². The van der Waals surface area contributed by atoms with Crippen LogP contribution < -0.4 is 10.9 Å². The number of esters is 2. The summed E-state index contributed by atoms with van der Waals surface area (Å²) in [5, 5.41) is 0. The number of hydrazine groups is 1. The van der Waals surface area contributed by atoms with E-state index in [0.717, 1.165) is 9.35 Å². The molecule has 0 aliphatic carbocycles.